The van der Waals surface area contributed by atoms with E-state index in [1.165, 1.54) is 0 Å². The Labute approximate surface area is 127 Å². The highest BCUT2D eigenvalue weighted by atomic mass is 79.9. The fraction of sp³-hybridized carbons (Fsp3) is 0.0714. The van der Waals surface area contributed by atoms with Crippen molar-refractivity contribution in [3.63, 3.8) is 0 Å². The number of Topliss-reactive ketones (excluding diaryl/α,β-unsaturated/α-hetero) is 1. The molecule has 4 heteroatoms. The van der Waals surface area contributed by atoms with Crippen LogP contribution >= 0.6 is 43.5 Å². The summed E-state index contributed by atoms with van der Waals surface area (Å²) < 4.78 is 1.74. The minimum atomic E-state index is 0.0440. The van der Waals surface area contributed by atoms with Crippen LogP contribution in [0.15, 0.2) is 51.4 Å². The highest BCUT2D eigenvalue weighted by Crippen LogP contribution is 2.23. The van der Waals surface area contributed by atoms with E-state index in [0.29, 0.717) is 17.0 Å². The third kappa shape index (κ3) is 3.44. The molecule has 0 fully saturated rings. The molecule has 0 unspecified atom stereocenters. The maximum Gasteiger partial charge on any atom is 0.168 e. The van der Waals surface area contributed by atoms with Gasteiger partial charge in [-0.25, -0.2) is 0 Å². The lowest BCUT2D eigenvalue weighted by Gasteiger charge is -2.05. The number of rotatable bonds is 3. The molecule has 0 bridgehead atoms. The highest BCUT2D eigenvalue weighted by Gasteiger charge is 2.11. The summed E-state index contributed by atoms with van der Waals surface area (Å²) in [5, 5.41) is 0.566. The molecule has 2 aromatic rings. The topological polar surface area (TPSA) is 17.1 Å². The first-order valence-electron chi connectivity index (χ1n) is 5.29. The third-order valence-corrected chi connectivity index (χ3v) is 3.90. The molecule has 2 rings (SSSR count). The van der Waals surface area contributed by atoms with Gasteiger partial charge < -0.3 is 0 Å². The molecular weight excluding hydrogens is 379 g/mol. The van der Waals surface area contributed by atoms with Crippen LogP contribution in [0.3, 0.4) is 0 Å². The minimum Gasteiger partial charge on any atom is -0.294 e. The molecule has 0 saturated heterocycles. The van der Waals surface area contributed by atoms with Crippen LogP contribution in [0.5, 0.6) is 0 Å². The predicted molar refractivity (Wildman–Crippen MR) is 81.3 cm³/mol. The van der Waals surface area contributed by atoms with E-state index >= 15 is 0 Å². The van der Waals surface area contributed by atoms with E-state index in [2.05, 4.69) is 31.9 Å². The van der Waals surface area contributed by atoms with Gasteiger partial charge in [0.15, 0.2) is 5.78 Å². The molecule has 0 heterocycles. The molecule has 0 saturated carbocycles. The molecule has 18 heavy (non-hydrogen) atoms. The molecule has 0 spiro atoms. The molecule has 0 aliphatic heterocycles. The standard InChI is InChI=1S/C14H9Br2ClO/c15-10-3-1-2-9(6-10)7-14(18)12-8-11(17)4-5-13(12)16/h1-6,8H,7H2. The van der Waals surface area contributed by atoms with Gasteiger partial charge >= 0.3 is 0 Å². The number of carbonyl (C=O) groups excluding carboxylic acids is 1. The number of hydrogen-bond acceptors (Lipinski definition) is 1. The van der Waals surface area contributed by atoms with Crippen molar-refractivity contribution in [3.8, 4) is 0 Å². The van der Waals surface area contributed by atoms with E-state index in [1.807, 2.05) is 24.3 Å². The number of benzene rings is 2. The van der Waals surface area contributed by atoms with Crippen LogP contribution in [0, 0.1) is 0 Å². The second kappa shape index (κ2) is 6.00. The molecule has 0 aliphatic carbocycles. The van der Waals surface area contributed by atoms with Crippen molar-refractivity contribution >= 4 is 49.2 Å². The monoisotopic (exact) mass is 386 g/mol. The second-order valence-corrected chi connectivity index (χ2v) is 6.06. The second-order valence-electron chi connectivity index (χ2n) is 3.85. The SMILES string of the molecule is O=C(Cc1cccc(Br)c1)c1cc(Cl)ccc1Br. The number of ketones is 1. The summed E-state index contributed by atoms with van der Waals surface area (Å²) in [5.74, 6) is 0.0440. The molecule has 1 nitrogen and oxygen atoms in total. The van der Waals surface area contributed by atoms with Gasteiger partial charge in [0.05, 0.1) is 0 Å². The molecule has 0 amide bonds. The summed E-state index contributed by atoms with van der Waals surface area (Å²) in [6.45, 7) is 0. The smallest absolute Gasteiger partial charge is 0.168 e. The first-order valence-corrected chi connectivity index (χ1v) is 7.25. The molecule has 0 aromatic heterocycles. The van der Waals surface area contributed by atoms with Gasteiger partial charge in [0.2, 0.25) is 0 Å². The van der Waals surface area contributed by atoms with Gasteiger partial charge in [0, 0.05) is 26.0 Å². The Morgan fingerprint density at radius 3 is 2.61 bits per heavy atom. The Bertz CT molecular complexity index is 596. The number of carbonyl (C=O) groups is 1. The van der Waals surface area contributed by atoms with Crippen LogP contribution in [0.2, 0.25) is 5.02 Å². The zero-order valence-corrected chi connectivity index (χ0v) is 13.2. The quantitative estimate of drug-likeness (QED) is 0.653. The van der Waals surface area contributed by atoms with Gasteiger partial charge in [0.25, 0.3) is 0 Å². The zero-order chi connectivity index (χ0) is 13.1. The third-order valence-electron chi connectivity index (χ3n) is 2.48. The summed E-state index contributed by atoms with van der Waals surface area (Å²) in [4.78, 5) is 12.2. The van der Waals surface area contributed by atoms with Gasteiger partial charge in [-0.15, -0.1) is 0 Å². The van der Waals surface area contributed by atoms with E-state index in [-0.39, 0.29) is 5.78 Å². The Kier molecular flexibility index (Phi) is 4.60. The maximum atomic E-state index is 12.2. The zero-order valence-electron chi connectivity index (χ0n) is 9.29. The molecule has 0 atom stereocenters. The Balaban J connectivity index is 2.24. The van der Waals surface area contributed by atoms with Gasteiger partial charge in [0.1, 0.15) is 0 Å². The molecule has 0 radical (unpaired) electrons. The van der Waals surface area contributed by atoms with Crippen molar-refractivity contribution in [1.29, 1.82) is 0 Å². The Morgan fingerprint density at radius 2 is 1.89 bits per heavy atom. The molecule has 0 N–H and O–H groups in total. The minimum absolute atomic E-state index is 0.0440. The Morgan fingerprint density at radius 1 is 1.11 bits per heavy atom. The molecular formula is C14H9Br2ClO. The summed E-state index contributed by atoms with van der Waals surface area (Å²) in [6.07, 6.45) is 0.360. The van der Waals surface area contributed by atoms with E-state index in [9.17, 15) is 4.79 Å². The van der Waals surface area contributed by atoms with Crippen LogP contribution in [0.4, 0.5) is 0 Å². The number of hydrogen-bond donors (Lipinski definition) is 0. The summed E-state index contributed by atoms with van der Waals surface area (Å²) in [7, 11) is 0. The lowest BCUT2D eigenvalue weighted by molar-refractivity contribution is 0.0992. The van der Waals surface area contributed by atoms with Gasteiger partial charge in [-0.3, -0.25) is 4.79 Å². The first kappa shape index (κ1) is 13.8. The van der Waals surface area contributed by atoms with Crippen molar-refractivity contribution in [2.45, 2.75) is 6.42 Å². The Hall–Kier alpha value is -0.640. The average molecular weight is 388 g/mol. The molecule has 0 aliphatic rings. The predicted octanol–water partition coefficient (Wildman–Crippen LogP) is 5.29. The van der Waals surface area contributed by atoms with Gasteiger partial charge in [-0.1, -0.05) is 55.6 Å². The van der Waals surface area contributed by atoms with E-state index in [1.54, 1.807) is 18.2 Å². The van der Waals surface area contributed by atoms with Crippen molar-refractivity contribution in [2.75, 3.05) is 0 Å². The van der Waals surface area contributed by atoms with Crippen molar-refractivity contribution in [2.24, 2.45) is 0 Å². The van der Waals surface area contributed by atoms with Gasteiger partial charge in [-0.05, 0) is 35.9 Å². The lowest BCUT2D eigenvalue weighted by atomic mass is 10.0. The summed E-state index contributed by atoms with van der Waals surface area (Å²) in [5.41, 5.74) is 1.59. The van der Waals surface area contributed by atoms with Crippen molar-refractivity contribution in [1.82, 2.24) is 0 Å². The maximum absolute atomic E-state index is 12.2. The van der Waals surface area contributed by atoms with Crippen LogP contribution < -0.4 is 0 Å². The molecule has 92 valence electrons. The summed E-state index contributed by atoms with van der Waals surface area (Å²) >= 11 is 12.7. The van der Waals surface area contributed by atoms with Gasteiger partial charge in [-0.2, -0.15) is 0 Å². The van der Waals surface area contributed by atoms with Crippen LogP contribution in [-0.4, -0.2) is 5.78 Å². The van der Waals surface area contributed by atoms with Crippen LogP contribution in [-0.2, 0) is 6.42 Å². The normalized spacial score (nSPS) is 10.4. The van der Waals surface area contributed by atoms with E-state index in [0.717, 1.165) is 14.5 Å². The fourth-order valence-corrected chi connectivity index (χ4v) is 2.73. The van der Waals surface area contributed by atoms with Crippen molar-refractivity contribution < 1.29 is 4.79 Å². The summed E-state index contributed by atoms with van der Waals surface area (Å²) in [6, 6.07) is 12.9. The largest absolute Gasteiger partial charge is 0.294 e. The fourth-order valence-electron chi connectivity index (χ4n) is 1.64. The van der Waals surface area contributed by atoms with Crippen LogP contribution in [0.25, 0.3) is 0 Å². The number of halogens is 3. The average Bonchev–Trinajstić information content (AvgIpc) is 2.32. The van der Waals surface area contributed by atoms with E-state index < -0.39 is 0 Å². The highest BCUT2D eigenvalue weighted by molar-refractivity contribution is 9.10. The van der Waals surface area contributed by atoms with E-state index in [4.69, 9.17) is 11.6 Å². The van der Waals surface area contributed by atoms with Crippen molar-refractivity contribution in [3.05, 3.63) is 67.6 Å². The molecule has 2 aromatic carbocycles. The lowest BCUT2D eigenvalue weighted by Crippen LogP contribution is -2.04. The van der Waals surface area contributed by atoms with Crippen LogP contribution in [0.1, 0.15) is 15.9 Å². The first-order chi connectivity index (χ1) is 8.56.